The fraction of sp³-hybridized carbons (Fsp3) is 0.118. The Bertz CT molecular complexity index is 964. The number of rotatable bonds is 4. The molecule has 2 aromatic carbocycles. The van der Waals surface area contributed by atoms with E-state index in [1.165, 1.54) is 18.2 Å². The highest BCUT2D eigenvalue weighted by Crippen LogP contribution is 2.36. The van der Waals surface area contributed by atoms with Crippen molar-refractivity contribution in [3.8, 4) is 11.1 Å². The van der Waals surface area contributed by atoms with Gasteiger partial charge in [-0.05, 0) is 30.3 Å². The average Bonchev–Trinajstić information content (AvgIpc) is 2.53. The van der Waals surface area contributed by atoms with Gasteiger partial charge in [0.15, 0.2) is 0 Å². The van der Waals surface area contributed by atoms with Crippen LogP contribution in [0, 0.1) is 10.1 Å². The third-order valence-corrected chi connectivity index (χ3v) is 3.96. The Kier molecular flexibility index (Phi) is 4.63. The third-order valence-electron chi connectivity index (χ3n) is 3.62. The van der Waals surface area contributed by atoms with Gasteiger partial charge < -0.3 is 4.42 Å². The molecule has 0 atom stereocenters. The maximum atomic E-state index is 11.4. The van der Waals surface area contributed by atoms with E-state index in [1.807, 2.05) is 34.4 Å². The molecule has 0 radical (unpaired) electrons. The molecule has 0 bridgehead atoms. The first-order chi connectivity index (χ1) is 11.5. The zero-order chi connectivity index (χ0) is 17.3. The second kappa shape index (κ2) is 6.70. The topological polar surface area (TPSA) is 76.6 Å². The molecule has 0 amide bonds. The smallest absolute Gasteiger partial charge is 0.336 e. The number of benzene rings is 2. The summed E-state index contributed by atoms with van der Waals surface area (Å²) in [7, 11) is 1.96. The molecule has 1 aromatic heterocycles. The van der Waals surface area contributed by atoms with E-state index in [0.717, 1.165) is 12.1 Å². The third kappa shape index (κ3) is 3.31. The minimum atomic E-state index is -0.484. The molecule has 0 saturated carbocycles. The molecule has 122 valence electrons. The van der Waals surface area contributed by atoms with Crippen LogP contribution in [0.1, 0.15) is 5.56 Å². The van der Waals surface area contributed by atoms with E-state index in [4.69, 9.17) is 4.42 Å². The maximum Gasteiger partial charge on any atom is 0.336 e. The summed E-state index contributed by atoms with van der Waals surface area (Å²) >= 11 is 2.20. The van der Waals surface area contributed by atoms with E-state index < -0.39 is 10.5 Å². The lowest BCUT2D eigenvalue weighted by molar-refractivity contribution is -0.384. The van der Waals surface area contributed by atoms with Gasteiger partial charge in [0.1, 0.15) is 5.58 Å². The van der Waals surface area contributed by atoms with Crippen molar-refractivity contribution >= 4 is 39.5 Å². The molecule has 0 unspecified atom stereocenters. The fourth-order valence-electron chi connectivity index (χ4n) is 2.62. The van der Waals surface area contributed by atoms with Crippen LogP contribution in [0.25, 0.3) is 22.1 Å². The van der Waals surface area contributed by atoms with Crippen molar-refractivity contribution in [1.82, 2.24) is 3.11 Å². The average molecular weight is 436 g/mol. The van der Waals surface area contributed by atoms with Crippen molar-refractivity contribution in [2.75, 3.05) is 7.05 Å². The van der Waals surface area contributed by atoms with Crippen LogP contribution in [-0.2, 0) is 6.54 Å². The Balaban J connectivity index is 2.21. The number of nitro benzene ring substituents is 1. The summed E-state index contributed by atoms with van der Waals surface area (Å²) < 4.78 is 7.16. The largest absolute Gasteiger partial charge is 0.423 e. The van der Waals surface area contributed by atoms with Crippen LogP contribution < -0.4 is 5.63 Å². The summed E-state index contributed by atoms with van der Waals surface area (Å²) in [5.74, 6) is 0. The summed E-state index contributed by atoms with van der Waals surface area (Å²) in [5, 5.41) is 12.0. The first-order valence-corrected chi connectivity index (χ1v) is 8.09. The predicted octanol–water partition coefficient (Wildman–Crippen LogP) is 4.15. The van der Waals surface area contributed by atoms with Crippen molar-refractivity contribution in [1.29, 1.82) is 0 Å². The normalized spacial score (nSPS) is 11.1. The Labute approximate surface area is 151 Å². The van der Waals surface area contributed by atoms with Gasteiger partial charge in [-0.1, -0.05) is 24.3 Å². The van der Waals surface area contributed by atoms with Gasteiger partial charge in [-0.15, -0.1) is 0 Å². The molecule has 3 rings (SSSR count). The zero-order valence-electron chi connectivity index (χ0n) is 12.7. The Morgan fingerprint density at radius 2 is 1.83 bits per heavy atom. The van der Waals surface area contributed by atoms with Gasteiger partial charge in [0.25, 0.3) is 5.69 Å². The van der Waals surface area contributed by atoms with Crippen molar-refractivity contribution in [3.05, 3.63) is 74.6 Å². The molecule has 6 nitrogen and oxygen atoms in total. The highest BCUT2D eigenvalue weighted by molar-refractivity contribution is 14.1. The highest BCUT2D eigenvalue weighted by Gasteiger charge is 2.19. The summed E-state index contributed by atoms with van der Waals surface area (Å²) in [5.41, 5.74) is 2.10. The molecular weight excluding hydrogens is 423 g/mol. The summed E-state index contributed by atoms with van der Waals surface area (Å²) in [6.45, 7) is 0.771. The molecule has 0 aliphatic carbocycles. The molecular formula is C17H13IN2O4. The van der Waals surface area contributed by atoms with Crippen LogP contribution in [0.3, 0.4) is 0 Å². The van der Waals surface area contributed by atoms with Gasteiger partial charge in [-0.25, -0.2) is 7.91 Å². The monoisotopic (exact) mass is 436 g/mol. The maximum absolute atomic E-state index is 11.4. The zero-order valence-corrected chi connectivity index (χ0v) is 14.9. The predicted molar refractivity (Wildman–Crippen MR) is 100 cm³/mol. The number of nitrogens with zero attached hydrogens (tertiary/aromatic N) is 2. The second-order valence-electron chi connectivity index (χ2n) is 5.34. The molecule has 7 heteroatoms. The van der Waals surface area contributed by atoms with Crippen LogP contribution in [0.15, 0.2) is 57.7 Å². The number of fused-ring (bicyclic) bond motifs is 1. The molecule has 3 aromatic rings. The van der Waals surface area contributed by atoms with E-state index in [2.05, 4.69) is 22.9 Å². The SMILES string of the molecule is CN(I)Cc1ccc(-c2c([N+](=O)[O-])ccc3oc(=O)ccc23)cc1. The van der Waals surface area contributed by atoms with Crippen LogP contribution in [0.5, 0.6) is 0 Å². The standard InChI is InChI=1S/C17H13IN2O4/c1-19(18)10-11-2-4-12(5-3-11)17-13-6-9-16(21)24-15(13)8-7-14(17)20(22)23/h2-9H,10H2,1H3. The van der Waals surface area contributed by atoms with Gasteiger partial charge in [0.05, 0.1) is 10.5 Å². The van der Waals surface area contributed by atoms with Gasteiger partial charge in [0, 0.05) is 46.9 Å². The lowest BCUT2D eigenvalue weighted by Crippen LogP contribution is -2.02. The molecule has 1 heterocycles. The molecule has 0 N–H and O–H groups in total. The minimum absolute atomic E-state index is 0.0184. The van der Waals surface area contributed by atoms with E-state index in [0.29, 0.717) is 22.1 Å². The summed E-state index contributed by atoms with van der Waals surface area (Å²) in [4.78, 5) is 22.4. The summed E-state index contributed by atoms with van der Waals surface area (Å²) in [6.07, 6.45) is 0. The van der Waals surface area contributed by atoms with Crippen molar-refractivity contribution < 1.29 is 9.34 Å². The highest BCUT2D eigenvalue weighted by atomic mass is 127. The Morgan fingerprint density at radius 3 is 2.46 bits per heavy atom. The first-order valence-electron chi connectivity index (χ1n) is 7.13. The van der Waals surface area contributed by atoms with Crippen molar-refractivity contribution in [3.63, 3.8) is 0 Å². The fourth-order valence-corrected chi connectivity index (χ4v) is 3.01. The lowest BCUT2D eigenvalue weighted by atomic mass is 9.98. The van der Waals surface area contributed by atoms with Gasteiger partial charge in [-0.2, -0.15) is 0 Å². The second-order valence-corrected chi connectivity index (χ2v) is 6.99. The van der Waals surface area contributed by atoms with Crippen LogP contribution >= 0.6 is 22.9 Å². The minimum Gasteiger partial charge on any atom is -0.423 e. The van der Waals surface area contributed by atoms with Crippen LogP contribution in [-0.4, -0.2) is 15.1 Å². The van der Waals surface area contributed by atoms with Crippen molar-refractivity contribution in [2.45, 2.75) is 6.54 Å². The van der Waals surface area contributed by atoms with E-state index in [9.17, 15) is 14.9 Å². The molecule has 0 spiro atoms. The summed E-state index contributed by atoms with van der Waals surface area (Å²) in [6, 6.07) is 13.2. The van der Waals surface area contributed by atoms with Gasteiger partial charge >= 0.3 is 5.63 Å². The van der Waals surface area contributed by atoms with Gasteiger partial charge in [-0.3, -0.25) is 10.1 Å². The number of halogens is 1. The Hall–Kier alpha value is -2.26. The number of hydrogen-bond acceptors (Lipinski definition) is 5. The number of hydrogen-bond donors (Lipinski definition) is 0. The van der Waals surface area contributed by atoms with Crippen LogP contribution in [0.4, 0.5) is 5.69 Å². The van der Waals surface area contributed by atoms with Crippen LogP contribution in [0.2, 0.25) is 0 Å². The molecule has 0 fully saturated rings. The molecule has 0 aliphatic rings. The lowest BCUT2D eigenvalue weighted by Gasteiger charge is -2.10. The quantitative estimate of drug-likeness (QED) is 0.202. The van der Waals surface area contributed by atoms with Gasteiger partial charge in [0.2, 0.25) is 0 Å². The Morgan fingerprint density at radius 1 is 1.12 bits per heavy atom. The first kappa shape index (κ1) is 16.6. The van der Waals surface area contributed by atoms with Crippen molar-refractivity contribution in [2.24, 2.45) is 0 Å². The number of nitro groups is 1. The van der Waals surface area contributed by atoms with E-state index >= 15 is 0 Å². The molecule has 0 aliphatic heterocycles. The van der Waals surface area contributed by atoms with E-state index in [1.54, 1.807) is 6.07 Å². The molecule has 24 heavy (non-hydrogen) atoms. The molecule has 0 saturated heterocycles. The van der Waals surface area contributed by atoms with E-state index in [-0.39, 0.29) is 5.69 Å².